The van der Waals surface area contributed by atoms with Gasteiger partial charge in [0.25, 0.3) is 0 Å². The molecule has 3 nitrogen and oxygen atoms in total. The molecule has 0 radical (unpaired) electrons. The molecular formula is C9H15N3. The highest BCUT2D eigenvalue weighted by molar-refractivity contribution is 5.39. The van der Waals surface area contributed by atoms with E-state index in [1.807, 2.05) is 6.92 Å². The van der Waals surface area contributed by atoms with Gasteiger partial charge in [0.05, 0.1) is 0 Å². The molecule has 0 spiro atoms. The number of nitrogens with zero attached hydrogens (tertiary/aromatic N) is 2. The summed E-state index contributed by atoms with van der Waals surface area (Å²) in [5.41, 5.74) is 7.73. The van der Waals surface area contributed by atoms with Crippen molar-refractivity contribution in [3.05, 3.63) is 17.6 Å². The third-order valence-corrected chi connectivity index (χ3v) is 1.83. The zero-order valence-corrected chi connectivity index (χ0v) is 7.83. The van der Waals surface area contributed by atoms with E-state index in [4.69, 9.17) is 5.73 Å². The Morgan fingerprint density at radius 3 is 2.67 bits per heavy atom. The van der Waals surface area contributed by atoms with E-state index in [9.17, 15) is 0 Å². The van der Waals surface area contributed by atoms with Gasteiger partial charge in [0, 0.05) is 11.3 Å². The van der Waals surface area contributed by atoms with Crippen LogP contribution in [0.1, 0.15) is 25.1 Å². The second kappa shape index (κ2) is 3.52. The molecule has 0 aliphatic heterocycles. The van der Waals surface area contributed by atoms with Gasteiger partial charge < -0.3 is 5.73 Å². The zero-order chi connectivity index (χ0) is 9.14. The Hall–Kier alpha value is -1.12. The summed E-state index contributed by atoms with van der Waals surface area (Å²) in [4.78, 5) is 8.10. The summed E-state index contributed by atoms with van der Waals surface area (Å²) in [5.74, 6) is 1.21. The minimum atomic E-state index is 0.598. The highest BCUT2D eigenvalue weighted by atomic mass is 14.9. The van der Waals surface area contributed by atoms with Crippen molar-refractivity contribution in [1.82, 2.24) is 9.97 Å². The van der Waals surface area contributed by atoms with Crippen LogP contribution in [-0.2, 0) is 6.42 Å². The summed E-state index contributed by atoms with van der Waals surface area (Å²) in [7, 11) is 0. The number of rotatable bonds is 2. The average molecular weight is 165 g/mol. The van der Waals surface area contributed by atoms with E-state index in [2.05, 4.69) is 23.8 Å². The molecule has 3 heteroatoms. The maximum Gasteiger partial charge on any atom is 0.129 e. The minimum Gasteiger partial charge on any atom is -0.383 e. The molecule has 0 atom stereocenters. The van der Waals surface area contributed by atoms with Gasteiger partial charge in [0.15, 0.2) is 0 Å². The first-order chi connectivity index (χ1) is 5.61. The Kier molecular flexibility index (Phi) is 2.63. The van der Waals surface area contributed by atoms with Crippen LogP contribution in [0.3, 0.4) is 0 Å². The van der Waals surface area contributed by atoms with Gasteiger partial charge in [-0.1, -0.05) is 13.8 Å². The largest absolute Gasteiger partial charge is 0.383 e. The molecule has 0 amide bonds. The summed E-state index contributed by atoms with van der Waals surface area (Å²) in [6.45, 7) is 6.29. The molecule has 1 heterocycles. The normalized spacial score (nSPS) is 10.7. The van der Waals surface area contributed by atoms with Crippen molar-refractivity contribution in [3.63, 3.8) is 0 Å². The lowest BCUT2D eigenvalue weighted by atomic mass is 10.0. The monoisotopic (exact) mass is 165 g/mol. The quantitative estimate of drug-likeness (QED) is 0.723. The van der Waals surface area contributed by atoms with Crippen LogP contribution < -0.4 is 5.73 Å². The fourth-order valence-corrected chi connectivity index (χ4v) is 1.09. The molecule has 1 aromatic heterocycles. The van der Waals surface area contributed by atoms with E-state index in [-0.39, 0.29) is 0 Å². The number of anilines is 1. The van der Waals surface area contributed by atoms with Crippen LogP contribution >= 0.6 is 0 Å². The number of nitrogens with two attached hydrogens (primary N) is 1. The Morgan fingerprint density at radius 2 is 2.08 bits per heavy atom. The molecule has 0 aliphatic rings. The van der Waals surface area contributed by atoms with Crippen LogP contribution in [0.5, 0.6) is 0 Å². The molecule has 0 aromatic carbocycles. The van der Waals surface area contributed by atoms with Crippen LogP contribution in [0.25, 0.3) is 0 Å². The van der Waals surface area contributed by atoms with E-state index in [1.165, 1.54) is 6.33 Å². The van der Waals surface area contributed by atoms with Crippen molar-refractivity contribution in [2.24, 2.45) is 5.92 Å². The van der Waals surface area contributed by atoms with Crippen molar-refractivity contribution >= 4 is 5.82 Å². The lowest BCUT2D eigenvalue weighted by molar-refractivity contribution is 0.631. The Bertz CT molecular complexity index is 268. The predicted molar refractivity (Wildman–Crippen MR) is 49.7 cm³/mol. The fourth-order valence-electron chi connectivity index (χ4n) is 1.09. The molecule has 0 saturated heterocycles. The number of hydrogen-bond acceptors (Lipinski definition) is 3. The molecule has 0 aliphatic carbocycles. The molecule has 0 bridgehead atoms. The van der Waals surface area contributed by atoms with E-state index in [1.54, 1.807) is 0 Å². The maximum absolute atomic E-state index is 5.65. The van der Waals surface area contributed by atoms with Gasteiger partial charge >= 0.3 is 0 Å². The van der Waals surface area contributed by atoms with E-state index in [0.29, 0.717) is 11.7 Å². The third kappa shape index (κ3) is 1.94. The van der Waals surface area contributed by atoms with Gasteiger partial charge in [-0.15, -0.1) is 0 Å². The van der Waals surface area contributed by atoms with Crippen molar-refractivity contribution < 1.29 is 0 Å². The number of nitrogen functional groups attached to an aromatic ring is 1. The summed E-state index contributed by atoms with van der Waals surface area (Å²) >= 11 is 0. The molecule has 0 fully saturated rings. The Morgan fingerprint density at radius 1 is 1.42 bits per heavy atom. The van der Waals surface area contributed by atoms with Crippen molar-refractivity contribution in [1.29, 1.82) is 0 Å². The van der Waals surface area contributed by atoms with Crippen LogP contribution in [0, 0.1) is 12.8 Å². The third-order valence-electron chi connectivity index (χ3n) is 1.83. The Labute approximate surface area is 73.0 Å². The topological polar surface area (TPSA) is 51.8 Å². The number of aromatic nitrogens is 2. The van der Waals surface area contributed by atoms with Crippen molar-refractivity contribution in [3.8, 4) is 0 Å². The predicted octanol–water partition coefficient (Wildman–Crippen LogP) is 1.57. The van der Waals surface area contributed by atoms with Gasteiger partial charge in [0.1, 0.15) is 12.1 Å². The average Bonchev–Trinajstić information content (AvgIpc) is 1.98. The lowest BCUT2D eigenvalue weighted by Gasteiger charge is -2.07. The van der Waals surface area contributed by atoms with Crippen molar-refractivity contribution in [2.45, 2.75) is 27.2 Å². The summed E-state index contributed by atoms with van der Waals surface area (Å²) in [5, 5.41) is 0. The SMILES string of the molecule is Cc1c(N)ncnc1CC(C)C. The standard InChI is InChI=1S/C9H15N3/c1-6(2)4-8-7(3)9(10)12-5-11-8/h5-6H,4H2,1-3H3,(H2,10,11,12). The second-order valence-corrected chi connectivity index (χ2v) is 3.43. The highest BCUT2D eigenvalue weighted by Crippen LogP contribution is 2.13. The Balaban J connectivity index is 2.92. The molecule has 12 heavy (non-hydrogen) atoms. The molecule has 1 aromatic rings. The first-order valence-corrected chi connectivity index (χ1v) is 4.17. The van der Waals surface area contributed by atoms with E-state index >= 15 is 0 Å². The summed E-state index contributed by atoms with van der Waals surface area (Å²) in [6.07, 6.45) is 2.50. The van der Waals surface area contributed by atoms with Gasteiger partial charge in [-0.2, -0.15) is 0 Å². The maximum atomic E-state index is 5.65. The van der Waals surface area contributed by atoms with Crippen LogP contribution in [0.2, 0.25) is 0 Å². The second-order valence-electron chi connectivity index (χ2n) is 3.43. The highest BCUT2D eigenvalue weighted by Gasteiger charge is 2.05. The van der Waals surface area contributed by atoms with Gasteiger partial charge in [-0.25, -0.2) is 9.97 Å². The van der Waals surface area contributed by atoms with Crippen LogP contribution in [-0.4, -0.2) is 9.97 Å². The van der Waals surface area contributed by atoms with Gasteiger partial charge in [0.2, 0.25) is 0 Å². The molecule has 1 rings (SSSR count). The minimum absolute atomic E-state index is 0.598. The first kappa shape index (κ1) is 8.97. The molecule has 66 valence electrons. The van der Waals surface area contributed by atoms with Gasteiger partial charge in [-0.3, -0.25) is 0 Å². The van der Waals surface area contributed by atoms with E-state index in [0.717, 1.165) is 17.7 Å². The lowest BCUT2D eigenvalue weighted by Crippen LogP contribution is -2.04. The summed E-state index contributed by atoms with van der Waals surface area (Å²) in [6, 6.07) is 0. The van der Waals surface area contributed by atoms with Crippen LogP contribution in [0.4, 0.5) is 5.82 Å². The number of hydrogen-bond donors (Lipinski definition) is 1. The van der Waals surface area contributed by atoms with Gasteiger partial charge in [-0.05, 0) is 19.3 Å². The van der Waals surface area contributed by atoms with Crippen LogP contribution in [0.15, 0.2) is 6.33 Å². The van der Waals surface area contributed by atoms with E-state index < -0.39 is 0 Å². The van der Waals surface area contributed by atoms with Crippen molar-refractivity contribution in [2.75, 3.05) is 5.73 Å². The smallest absolute Gasteiger partial charge is 0.129 e. The molecule has 0 unspecified atom stereocenters. The molecular weight excluding hydrogens is 150 g/mol. The summed E-state index contributed by atoms with van der Waals surface area (Å²) < 4.78 is 0. The first-order valence-electron chi connectivity index (χ1n) is 4.17. The fraction of sp³-hybridized carbons (Fsp3) is 0.556. The molecule has 0 saturated carbocycles. The molecule has 2 N–H and O–H groups in total. The zero-order valence-electron chi connectivity index (χ0n) is 7.83.